The van der Waals surface area contributed by atoms with Gasteiger partial charge in [0.25, 0.3) is 0 Å². The van der Waals surface area contributed by atoms with Crippen molar-refractivity contribution in [2.45, 2.75) is 31.2 Å². The summed E-state index contributed by atoms with van der Waals surface area (Å²) in [5, 5.41) is 8.65. The van der Waals surface area contributed by atoms with Crippen molar-refractivity contribution in [2.24, 2.45) is 7.05 Å². The van der Waals surface area contributed by atoms with E-state index in [1.54, 1.807) is 18.7 Å². The zero-order valence-corrected chi connectivity index (χ0v) is 16.2. The summed E-state index contributed by atoms with van der Waals surface area (Å²) in [6.45, 7) is 3.02. The van der Waals surface area contributed by atoms with Crippen molar-refractivity contribution in [1.29, 1.82) is 0 Å². The first-order chi connectivity index (χ1) is 12.9. The molecule has 1 aliphatic heterocycles. The number of hydrogen-bond donors (Lipinski definition) is 0. The van der Waals surface area contributed by atoms with Gasteiger partial charge in [-0.05, 0) is 12.5 Å². The molecule has 0 amide bonds. The fourth-order valence-electron chi connectivity index (χ4n) is 3.30. The van der Waals surface area contributed by atoms with Crippen LogP contribution in [-0.4, -0.2) is 50.4 Å². The van der Waals surface area contributed by atoms with E-state index in [1.165, 1.54) is 10.5 Å². The summed E-state index contributed by atoms with van der Waals surface area (Å²) in [6, 6.07) is 10.1. The molecule has 8 nitrogen and oxygen atoms in total. The molecule has 4 rings (SSSR count). The third kappa shape index (κ3) is 3.40. The molecule has 0 fully saturated rings. The summed E-state index contributed by atoms with van der Waals surface area (Å²) in [7, 11) is -1.83. The van der Waals surface area contributed by atoms with E-state index < -0.39 is 10.0 Å². The van der Waals surface area contributed by atoms with Crippen LogP contribution in [0, 0.1) is 6.92 Å². The molecule has 2 aromatic heterocycles. The number of sulfonamides is 1. The molecular weight excluding hydrogens is 364 g/mol. The van der Waals surface area contributed by atoms with Crippen LogP contribution >= 0.6 is 0 Å². The molecule has 0 aliphatic carbocycles. The second-order valence-electron chi connectivity index (χ2n) is 6.70. The van der Waals surface area contributed by atoms with Crippen LogP contribution < -0.4 is 0 Å². The predicted molar refractivity (Wildman–Crippen MR) is 99.7 cm³/mol. The van der Waals surface area contributed by atoms with E-state index >= 15 is 0 Å². The largest absolute Gasteiger partial charge is 0.272 e. The van der Waals surface area contributed by atoms with Crippen molar-refractivity contribution >= 4 is 10.0 Å². The minimum atomic E-state index is -3.57. The van der Waals surface area contributed by atoms with E-state index in [2.05, 4.69) is 27.3 Å². The number of fused-ring (bicyclic) bond motifs is 1. The third-order valence-corrected chi connectivity index (χ3v) is 6.95. The standard InChI is InChI=1S/C18H22N6O2S/c1-14-16(13-19-22(14)2)27(25,26)23-9-8-18-20-17(21-24(18)11-10-23)12-15-6-4-3-5-7-15/h3-7,13H,8-12H2,1-2H3. The molecule has 0 spiro atoms. The fraction of sp³-hybridized carbons (Fsp3) is 0.389. The lowest BCUT2D eigenvalue weighted by Gasteiger charge is -2.19. The predicted octanol–water partition coefficient (Wildman–Crippen LogP) is 1.16. The summed E-state index contributed by atoms with van der Waals surface area (Å²) >= 11 is 0. The van der Waals surface area contributed by atoms with Gasteiger partial charge >= 0.3 is 0 Å². The van der Waals surface area contributed by atoms with E-state index in [9.17, 15) is 8.42 Å². The van der Waals surface area contributed by atoms with Crippen LogP contribution in [0.5, 0.6) is 0 Å². The fourth-order valence-corrected chi connectivity index (χ4v) is 4.92. The van der Waals surface area contributed by atoms with Crippen LogP contribution in [0.2, 0.25) is 0 Å². The zero-order valence-electron chi connectivity index (χ0n) is 15.4. The Morgan fingerprint density at radius 1 is 1.11 bits per heavy atom. The Kier molecular flexibility index (Phi) is 4.56. The van der Waals surface area contributed by atoms with Crippen molar-refractivity contribution < 1.29 is 8.42 Å². The molecule has 3 aromatic rings. The van der Waals surface area contributed by atoms with Gasteiger partial charge in [0.2, 0.25) is 10.0 Å². The summed E-state index contributed by atoms with van der Waals surface area (Å²) < 4.78 is 30.9. The topological polar surface area (TPSA) is 85.9 Å². The van der Waals surface area contributed by atoms with E-state index in [4.69, 9.17) is 0 Å². The highest BCUT2D eigenvalue weighted by Crippen LogP contribution is 2.21. The molecule has 3 heterocycles. The highest BCUT2D eigenvalue weighted by Gasteiger charge is 2.30. The van der Waals surface area contributed by atoms with E-state index in [0.717, 1.165) is 17.2 Å². The second-order valence-corrected chi connectivity index (χ2v) is 8.61. The smallest absolute Gasteiger partial charge is 0.246 e. The number of rotatable bonds is 4. The Hall–Kier alpha value is -2.52. The lowest BCUT2D eigenvalue weighted by atomic mass is 10.1. The monoisotopic (exact) mass is 386 g/mol. The first-order valence-electron chi connectivity index (χ1n) is 8.90. The molecule has 0 unspecified atom stereocenters. The highest BCUT2D eigenvalue weighted by atomic mass is 32.2. The highest BCUT2D eigenvalue weighted by molar-refractivity contribution is 7.89. The van der Waals surface area contributed by atoms with Crippen LogP contribution in [0.15, 0.2) is 41.4 Å². The molecule has 0 atom stereocenters. The van der Waals surface area contributed by atoms with E-state index in [0.29, 0.717) is 38.2 Å². The lowest BCUT2D eigenvalue weighted by molar-refractivity contribution is 0.408. The zero-order chi connectivity index (χ0) is 19.0. The Morgan fingerprint density at radius 3 is 2.59 bits per heavy atom. The molecule has 0 saturated heterocycles. The normalized spacial score (nSPS) is 15.5. The average molecular weight is 386 g/mol. The van der Waals surface area contributed by atoms with Crippen LogP contribution in [-0.2, 0) is 36.5 Å². The first kappa shape index (κ1) is 17.9. The molecule has 1 aromatic carbocycles. The van der Waals surface area contributed by atoms with Gasteiger partial charge in [-0.3, -0.25) is 4.68 Å². The van der Waals surface area contributed by atoms with Gasteiger partial charge in [-0.1, -0.05) is 30.3 Å². The summed E-state index contributed by atoms with van der Waals surface area (Å²) in [5.41, 5.74) is 1.80. The van der Waals surface area contributed by atoms with Gasteiger partial charge in [0.05, 0.1) is 18.4 Å². The maximum atomic E-state index is 13.0. The van der Waals surface area contributed by atoms with E-state index in [1.807, 2.05) is 22.9 Å². The number of aromatic nitrogens is 5. The van der Waals surface area contributed by atoms with E-state index in [-0.39, 0.29) is 4.90 Å². The molecule has 27 heavy (non-hydrogen) atoms. The Morgan fingerprint density at radius 2 is 1.89 bits per heavy atom. The van der Waals surface area contributed by atoms with Crippen molar-refractivity contribution in [3.8, 4) is 0 Å². The molecule has 0 N–H and O–H groups in total. The number of hydrogen-bond acceptors (Lipinski definition) is 5. The van der Waals surface area contributed by atoms with Crippen molar-refractivity contribution in [1.82, 2.24) is 28.9 Å². The minimum Gasteiger partial charge on any atom is -0.272 e. The molecule has 9 heteroatoms. The summed E-state index contributed by atoms with van der Waals surface area (Å²) in [4.78, 5) is 4.90. The molecule has 142 valence electrons. The quantitative estimate of drug-likeness (QED) is 0.672. The van der Waals surface area contributed by atoms with Crippen LogP contribution in [0.1, 0.15) is 22.9 Å². The first-order valence-corrected chi connectivity index (χ1v) is 10.3. The third-order valence-electron chi connectivity index (χ3n) is 4.95. The maximum Gasteiger partial charge on any atom is 0.246 e. The van der Waals surface area contributed by atoms with Crippen molar-refractivity contribution in [2.75, 3.05) is 13.1 Å². The van der Waals surface area contributed by atoms with Gasteiger partial charge in [-0.15, -0.1) is 0 Å². The van der Waals surface area contributed by atoms with Gasteiger partial charge in [0, 0.05) is 33.0 Å². The summed E-state index contributed by atoms with van der Waals surface area (Å²) in [6.07, 6.45) is 2.64. The van der Waals surface area contributed by atoms with Crippen LogP contribution in [0.25, 0.3) is 0 Å². The molecule has 1 aliphatic rings. The second kappa shape index (κ2) is 6.90. The average Bonchev–Trinajstić information content (AvgIpc) is 3.12. The van der Waals surface area contributed by atoms with Crippen LogP contribution in [0.4, 0.5) is 0 Å². The van der Waals surface area contributed by atoms with Gasteiger partial charge in [-0.25, -0.2) is 18.1 Å². The lowest BCUT2D eigenvalue weighted by Crippen LogP contribution is -2.34. The number of benzene rings is 1. The van der Waals surface area contributed by atoms with Crippen molar-refractivity contribution in [3.05, 3.63) is 59.4 Å². The molecule has 0 bridgehead atoms. The Balaban J connectivity index is 1.51. The SMILES string of the molecule is Cc1c(S(=O)(=O)N2CCc3nc(Cc4ccccc4)nn3CC2)cnn1C. The maximum absolute atomic E-state index is 13.0. The summed E-state index contributed by atoms with van der Waals surface area (Å²) in [5.74, 6) is 1.61. The van der Waals surface area contributed by atoms with Crippen molar-refractivity contribution in [3.63, 3.8) is 0 Å². The van der Waals surface area contributed by atoms with Gasteiger partial charge in [0.1, 0.15) is 10.7 Å². The Bertz CT molecular complexity index is 1030. The minimum absolute atomic E-state index is 0.266. The Labute approximate surface area is 158 Å². The van der Waals surface area contributed by atoms with Gasteiger partial charge in [0.15, 0.2) is 5.82 Å². The molecule has 0 saturated carbocycles. The van der Waals surface area contributed by atoms with Gasteiger partial charge in [-0.2, -0.15) is 14.5 Å². The number of nitrogens with zero attached hydrogens (tertiary/aromatic N) is 6. The number of aryl methyl sites for hydroxylation is 1. The van der Waals surface area contributed by atoms with Crippen LogP contribution in [0.3, 0.4) is 0 Å². The molecule has 0 radical (unpaired) electrons. The molecular formula is C18H22N6O2S. The van der Waals surface area contributed by atoms with Gasteiger partial charge < -0.3 is 0 Å².